The van der Waals surface area contributed by atoms with Crippen LogP contribution >= 0.6 is 0 Å². The molecule has 0 radical (unpaired) electrons. The quantitative estimate of drug-likeness (QED) is 0.847. The van der Waals surface area contributed by atoms with E-state index in [4.69, 9.17) is 15.2 Å². The second kappa shape index (κ2) is 4.37. The van der Waals surface area contributed by atoms with Gasteiger partial charge in [0.05, 0.1) is 20.3 Å². The highest BCUT2D eigenvalue weighted by Crippen LogP contribution is 2.38. The van der Waals surface area contributed by atoms with Crippen molar-refractivity contribution in [2.75, 3.05) is 20.3 Å². The maximum absolute atomic E-state index is 11.7. The minimum Gasteiger partial charge on any atom is -0.496 e. The van der Waals surface area contributed by atoms with Crippen molar-refractivity contribution in [3.05, 3.63) is 29.3 Å². The second-order valence-corrected chi connectivity index (χ2v) is 4.33. The number of hydrogen-bond donors (Lipinski definition) is 1. The van der Waals surface area contributed by atoms with Gasteiger partial charge < -0.3 is 15.2 Å². The number of primary amides is 1. The van der Waals surface area contributed by atoms with Crippen molar-refractivity contribution in [1.82, 2.24) is 0 Å². The van der Waals surface area contributed by atoms with E-state index in [1.54, 1.807) is 7.11 Å². The third kappa shape index (κ3) is 1.78. The third-order valence-electron chi connectivity index (χ3n) is 3.36. The van der Waals surface area contributed by atoms with Crippen LogP contribution in [0.1, 0.15) is 18.1 Å². The second-order valence-electron chi connectivity index (χ2n) is 4.33. The van der Waals surface area contributed by atoms with Crippen LogP contribution in [-0.4, -0.2) is 26.2 Å². The summed E-state index contributed by atoms with van der Waals surface area (Å²) in [6, 6.07) is 5.87. The Morgan fingerprint density at radius 3 is 2.65 bits per heavy atom. The lowest BCUT2D eigenvalue weighted by atomic mass is 9.76. The summed E-state index contributed by atoms with van der Waals surface area (Å²) in [7, 11) is 1.60. The summed E-state index contributed by atoms with van der Waals surface area (Å²) in [5.41, 5.74) is 6.80. The highest BCUT2D eigenvalue weighted by molar-refractivity contribution is 5.89. The molecule has 0 unspecified atom stereocenters. The molecule has 0 spiro atoms. The zero-order valence-electron chi connectivity index (χ0n) is 10.2. The first-order valence-electron chi connectivity index (χ1n) is 5.69. The van der Waals surface area contributed by atoms with Crippen molar-refractivity contribution in [2.24, 2.45) is 5.73 Å². The predicted octanol–water partition coefficient (Wildman–Crippen LogP) is 1.01. The number of aryl methyl sites for hydroxylation is 1. The molecule has 2 rings (SSSR count). The van der Waals surface area contributed by atoms with Crippen LogP contribution in [0.15, 0.2) is 18.2 Å². The van der Waals surface area contributed by atoms with Crippen LogP contribution in [0.2, 0.25) is 0 Å². The molecule has 1 saturated heterocycles. The van der Waals surface area contributed by atoms with E-state index in [2.05, 4.69) is 6.92 Å². The van der Waals surface area contributed by atoms with E-state index in [0.717, 1.165) is 17.5 Å². The molecule has 17 heavy (non-hydrogen) atoms. The molecule has 92 valence electrons. The summed E-state index contributed by atoms with van der Waals surface area (Å²) in [5, 5.41) is 0. The molecule has 1 amide bonds. The summed E-state index contributed by atoms with van der Waals surface area (Å²) in [4.78, 5) is 11.7. The van der Waals surface area contributed by atoms with Crippen LogP contribution in [0, 0.1) is 0 Å². The van der Waals surface area contributed by atoms with Gasteiger partial charge in [0.2, 0.25) is 5.91 Å². The summed E-state index contributed by atoms with van der Waals surface area (Å²) >= 11 is 0. The number of hydrogen-bond acceptors (Lipinski definition) is 3. The molecular formula is C13H17NO3. The van der Waals surface area contributed by atoms with E-state index in [1.165, 1.54) is 0 Å². The Bertz CT molecular complexity index is 438. The molecule has 1 heterocycles. The Balaban J connectivity index is 2.51. The first-order chi connectivity index (χ1) is 8.14. The van der Waals surface area contributed by atoms with Gasteiger partial charge in [-0.1, -0.05) is 19.1 Å². The molecule has 2 N–H and O–H groups in total. The van der Waals surface area contributed by atoms with Crippen molar-refractivity contribution in [3.8, 4) is 5.75 Å². The molecule has 4 nitrogen and oxygen atoms in total. The Hall–Kier alpha value is -1.55. The van der Waals surface area contributed by atoms with Gasteiger partial charge in [0.1, 0.15) is 11.2 Å². The standard InChI is InChI=1S/C13H17NO3/c1-3-9-4-5-11(16-2)10(6-9)13(12(14)15)7-17-8-13/h4-6H,3,7-8H2,1-2H3,(H2,14,15). The number of rotatable bonds is 4. The largest absolute Gasteiger partial charge is 0.496 e. The van der Waals surface area contributed by atoms with E-state index in [9.17, 15) is 4.79 Å². The molecule has 1 aromatic rings. The summed E-state index contributed by atoms with van der Waals surface area (Å²) < 4.78 is 10.5. The zero-order valence-corrected chi connectivity index (χ0v) is 10.2. The van der Waals surface area contributed by atoms with Gasteiger partial charge in [-0.15, -0.1) is 0 Å². The highest BCUT2D eigenvalue weighted by Gasteiger charge is 2.48. The average molecular weight is 235 g/mol. The minimum atomic E-state index is -0.712. The number of benzene rings is 1. The predicted molar refractivity (Wildman–Crippen MR) is 64.1 cm³/mol. The lowest BCUT2D eigenvalue weighted by Gasteiger charge is -2.39. The van der Waals surface area contributed by atoms with Crippen LogP contribution in [0.5, 0.6) is 5.75 Å². The van der Waals surface area contributed by atoms with Crippen molar-refractivity contribution in [3.63, 3.8) is 0 Å². The van der Waals surface area contributed by atoms with Gasteiger partial charge in [-0.05, 0) is 18.1 Å². The van der Waals surface area contributed by atoms with Gasteiger partial charge >= 0.3 is 0 Å². The number of ether oxygens (including phenoxy) is 2. The average Bonchev–Trinajstić information content (AvgIpc) is 2.27. The minimum absolute atomic E-state index is 0.339. The maximum atomic E-state index is 11.7. The zero-order chi connectivity index (χ0) is 12.5. The molecule has 0 atom stereocenters. The summed E-state index contributed by atoms with van der Waals surface area (Å²) in [5.74, 6) is 0.347. The van der Waals surface area contributed by atoms with Crippen molar-refractivity contribution < 1.29 is 14.3 Å². The van der Waals surface area contributed by atoms with Gasteiger partial charge in [-0.25, -0.2) is 0 Å². The Morgan fingerprint density at radius 2 is 2.24 bits per heavy atom. The number of carbonyl (C=O) groups excluding carboxylic acids is 1. The topological polar surface area (TPSA) is 61.5 Å². The molecule has 4 heteroatoms. The van der Waals surface area contributed by atoms with Crippen LogP contribution in [0.3, 0.4) is 0 Å². The molecule has 1 aliphatic rings. The van der Waals surface area contributed by atoms with Gasteiger partial charge in [0.15, 0.2) is 0 Å². The molecule has 0 aromatic heterocycles. The van der Waals surface area contributed by atoms with Crippen LogP contribution in [0.4, 0.5) is 0 Å². The number of methoxy groups -OCH3 is 1. The van der Waals surface area contributed by atoms with Gasteiger partial charge in [-0.2, -0.15) is 0 Å². The first-order valence-corrected chi connectivity index (χ1v) is 5.69. The Morgan fingerprint density at radius 1 is 1.53 bits per heavy atom. The van der Waals surface area contributed by atoms with E-state index in [0.29, 0.717) is 19.0 Å². The summed E-state index contributed by atoms with van der Waals surface area (Å²) in [6.07, 6.45) is 0.909. The van der Waals surface area contributed by atoms with Crippen molar-refractivity contribution in [2.45, 2.75) is 18.8 Å². The fourth-order valence-corrected chi connectivity index (χ4v) is 2.09. The third-order valence-corrected chi connectivity index (χ3v) is 3.36. The lowest BCUT2D eigenvalue weighted by Crippen LogP contribution is -2.56. The summed E-state index contributed by atoms with van der Waals surface area (Å²) in [6.45, 7) is 2.75. The molecule has 0 aliphatic carbocycles. The number of amides is 1. The van der Waals surface area contributed by atoms with Crippen LogP contribution < -0.4 is 10.5 Å². The fraction of sp³-hybridized carbons (Fsp3) is 0.462. The monoisotopic (exact) mass is 235 g/mol. The number of nitrogens with two attached hydrogens (primary N) is 1. The lowest BCUT2D eigenvalue weighted by molar-refractivity contribution is -0.141. The molecule has 0 bridgehead atoms. The fourth-order valence-electron chi connectivity index (χ4n) is 2.09. The Kier molecular flexibility index (Phi) is 3.07. The molecule has 0 saturated carbocycles. The normalized spacial score (nSPS) is 17.3. The Labute approximate surface area is 101 Å². The maximum Gasteiger partial charge on any atom is 0.232 e. The van der Waals surface area contributed by atoms with Crippen LogP contribution in [0.25, 0.3) is 0 Å². The molecule has 1 aliphatic heterocycles. The van der Waals surface area contributed by atoms with Crippen molar-refractivity contribution in [1.29, 1.82) is 0 Å². The van der Waals surface area contributed by atoms with E-state index >= 15 is 0 Å². The SMILES string of the molecule is CCc1ccc(OC)c(C2(C(N)=O)COC2)c1. The molecule has 1 aromatic carbocycles. The number of carbonyl (C=O) groups is 1. The van der Waals surface area contributed by atoms with E-state index in [-0.39, 0.29) is 5.91 Å². The van der Waals surface area contributed by atoms with Crippen LogP contribution in [-0.2, 0) is 21.4 Å². The van der Waals surface area contributed by atoms with E-state index < -0.39 is 5.41 Å². The van der Waals surface area contributed by atoms with E-state index in [1.807, 2.05) is 18.2 Å². The molecular weight excluding hydrogens is 218 g/mol. The smallest absolute Gasteiger partial charge is 0.232 e. The van der Waals surface area contributed by atoms with Gasteiger partial charge in [0, 0.05) is 5.56 Å². The van der Waals surface area contributed by atoms with Gasteiger partial charge in [-0.3, -0.25) is 4.79 Å². The van der Waals surface area contributed by atoms with Gasteiger partial charge in [0.25, 0.3) is 0 Å². The molecule has 1 fully saturated rings. The highest BCUT2D eigenvalue weighted by atomic mass is 16.5. The van der Waals surface area contributed by atoms with Crippen molar-refractivity contribution >= 4 is 5.91 Å². The first kappa shape index (κ1) is 11.9.